The molecule has 0 N–H and O–H groups in total. The molecule has 0 aromatic carbocycles. The van der Waals surface area contributed by atoms with Gasteiger partial charge in [0.2, 0.25) is 0 Å². The number of esters is 2. The van der Waals surface area contributed by atoms with E-state index in [1.807, 2.05) is 0 Å². The Morgan fingerprint density at radius 3 is 1.67 bits per heavy atom. The summed E-state index contributed by atoms with van der Waals surface area (Å²) >= 11 is 0. The summed E-state index contributed by atoms with van der Waals surface area (Å²) in [5, 5.41) is 0. The number of hydrogen-bond donors (Lipinski definition) is 0. The quantitative estimate of drug-likeness (QED) is 0.158. The molecule has 0 spiro atoms. The van der Waals surface area contributed by atoms with Gasteiger partial charge in [-0.15, -0.1) is 0 Å². The van der Waals surface area contributed by atoms with Gasteiger partial charge in [0.1, 0.15) is 5.60 Å². The topological polar surface area (TPSA) is 52.6 Å². The molecule has 0 aliphatic carbocycles. The van der Waals surface area contributed by atoms with Gasteiger partial charge in [-0.1, -0.05) is 67.7 Å². The molecule has 30 heavy (non-hydrogen) atoms. The predicted molar refractivity (Wildman–Crippen MR) is 125 cm³/mol. The summed E-state index contributed by atoms with van der Waals surface area (Å²) in [6.45, 7) is 5.57. The number of allylic oxidation sites excluding steroid dienone is 10. The average Bonchev–Trinajstić information content (AvgIpc) is 2.69. The lowest BCUT2D eigenvalue weighted by Crippen LogP contribution is -2.31. The van der Waals surface area contributed by atoms with Gasteiger partial charge in [0.15, 0.2) is 0 Å². The Hall–Kier alpha value is -2.36. The van der Waals surface area contributed by atoms with Crippen molar-refractivity contribution in [1.29, 1.82) is 0 Å². The van der Waals surface area contributed by atoms with Crippen molar-refractivity contribution in [2.75, 3.05) is 7.11 Å². The summed E-state index contributed by atoms with van der Waals surface area (Å²) in [7, 11) is 1.32. The highest BCUT2D eigenvalue weighted by molar-refractivity contribution is 5.73. The third-order valence-electron chi connectivity index (χ3n) is 4.10. The summed E-state index contributed by atoms with van der Waals surface area (Å²) in [5.41, 5.74) is -0.832. The summed E-state index contributed by atoms with van der Waals surface area (Å²) in [6, 6.07) is 0. The third kappa shape index (κ3) is 19.0. The van der Waals surface area contributed by atoms with E-state index in [4.69, 9.17) is 4.74 Å². The molecule has 0 aliphatic rings. The van der Waals surface area contributed by atoms with E-state index >= 15 is 0 Å². The first kappa shape index (κ1) is 27.6. The summed E-state index contributed by atoms with van der Waals surface area (Å²) < 4.78 is 9.96. The van der Waals surface area contributed by atoms with Crippen molar-refractivity contribution in [3.8, 4) is 0 Å². The number of rotatable bonds is 16. The van der Waals surface area contributed by atoms with Gasteiger partial charge in [-0.05, 0) is 58.8 Å². The van der Waals surface area contributed by atoms with E-state index in [0.29, 0.717) is 6.42 Å². The van der Waals surface area contributed by atoms with Crippen LogP contribution in [0.5, 0.6) is 0 Å². The fourth-order valence-electron chi connectivity index (χ4n) is 2.55. The van der Waals surface area contributed by atoms with Crippen LogP contribution in [-0.2, 0) is 19.1 Å². The van der Waals surface area contributed by atoms with Crippen molar-refractivity contribution in [3.05, 3.63) is 60.8 Å². The normalized spacial score (nSPS) is 12.8. The zero-order valence-electron chi connectivity index (χ0n) is 19.3. The SMILES string of the molecule is CC/C=C\C/C=C\C/C=C\C/C=C\C/C=C\CCCC(=O)OC(C)(C)CC(=O)OC. The summed E-state index contributed by atoms with van der Waals surface area (Å²) in [4.78, 5) is 23.2. The van der Waals surface area contributed by atoms with E-state index in [-0.39, 0.29) is 18.4 Å². The van der Waals surface area contributed by atoms with E-state index in [1.54, 1.807) is 13.8 Å². The van der Waals surface area contributed by atoms with Crippen molar-refractivity contribution in [3.63, 3.8) is 0 Å². The largest absolute Gasteiger partial charge is 0.469 e. The van der Waals surface area contributed by atoms with E-state index in [2.05, 4.69) is 72.4 Å². The Bertz CT molecular complexity index is 607. The van der Waals surface area contributed by atoms with Crippen molar-refractivity contribution < 1.29 is 19.1 Å². The van der Waals surface area contributed by atoms with Gasteiger partial charge in [0, 0.05) is 6.42 Å². The van der Waals surface area contributed by atoms with Gasteiger partial charge < -0.3 is 9.47 Å². The summed E-state index contributed by atoms with van der Waals surface area (Å²) in [5.74, 6) is -0.664. The Kier molecular flexibility index (Phi) is 17.2. The van der Waals surface area contributed by atoms with Crippen LogP contribution in [0.25, 0.3) is 0 Å². The molecule has 0 fully saturated rings. The number of unbranched alkanes of at least 4 members (excludes halogenated alkanes) is 1. The highest BCUT2D eigenvalue weighted by Crippen LogP contribution is 2.17. The van der Waals surface area contributed by atoms with E-state index in [1.165, 1.54) is 7.11 Å². The van der Waals surface area contributed by atoms with Crippen molar-refractivity contribution in [2.24, 2.45) is 0 Å². The maximum atomic E-state index is 11.9. The van der Waals surface area contributed by atoms with E-state index in [0.717, 1.165) is 44.9 Å². The number of ether oxygens (including phenoxy) is 2. The van der Waals surface area contributed by atoms with Crippen LogP contribution < -0.4 is 0 Å². The molecule has 0 radical (unpaired) electrons. The van der Waals surface area contributed by atoms with Crippen LogP contribution in [0.2, 0.25) is 0 Å². The molecule has 0 unspecified atom stereocenters. The Labute approximate surface area is 183 Å². The molecular weight excluding hydrogens is 376 g/mol. The molecule has 0 amide bonds. The van der Waals surface area contributed by atoms with Crippen LogP contribution in [0.4, 0.5) is 0 Å². The van der Waals surface area contributed by atoms with Gasteiger partial charge in [-0.25, -0.2) is 0 Å². The highest BCUT2D eigenvalue weighted by atomic mass is 16.6. The van der Waals surface area contributed by atoms with Crippen LogP contribution in [-0.4, -0.2) is 24.6 Å². The number of methoxy groups -OCH3 is 1. The molecule has 0 aromatic rings. The molecule has 0 rings (SSSR count). The van der Waals surface area contributed by atoms with Crippen LogP contribution in [0.3, 0.4) is 0 Å². The first-order valence-electron chi connectivity index (χ1n) is 10.9. The minimum absolute atomic E-state index is 0.0595. The number of carbonyl (C=O) groups excluding carboxylic acids is 2. The van der Waals surface area contributed by atoms with Gasteiger partial charge in [-0.2, -0.15) is 0 Å². The molecule has 0 saturated heterocycles. The molecule has 4 nitrogen and oxygen atoms in total. The highest BCUT2D eigenvalue weighted by Gasteiger charge is 2.26. The maximum absolute atomic E-state index is 11.9. The molecule has 168 valence electrons. The average molecular weight is 417 g/mol. The summed E-state index contributed by atoms with van der Waals surface area (Å²) in [6.07, 6.45) is 28.6. The smallest absolute Gasteiger partial charge is 0.309 e. The van der Waals surface area contributed by atoms with E-state index < -0.39 is 5.60 Å². The van der Waals surface area contributed by atoms with Gasteiger partial charge in [0.25, 0.3) is 0 Å². The zero-order chi connectivity index (χ0) is 22.5. The standard InChI is InChI=1S/C26H40O4/c1-5-6-7-8-9-10-11-12-13-14-15-16-17-18-19-20-21-22-24(27)30-26(2,3)23-25(28)29-4/h6-7,9-10,12-13,15-16,18-19H,5,8,11,14,17,20-23H2,1-4H3/b7-6-,10-9-,13-12-,16-15-,19-18-. The second-order valence-electron chi connectivity index (χ2n) is 7.59. The zero-order valence-corrected chi connectivity index (χ0v) is 19.3. The van der Waals surface area contributed by atoms with Crippen LogP contribution >= 0.6 is 0 Å². The number of carbonyl (C=O) groups is 2. The fraction of sp³-hybridized carbons (Fsp3) is 0.538. The first-order chi connectivity index (χ1) is 14.4. The van der Waals surface area contributed by atoms with Gasteiger partial charge >= 0.3 is 11.9 Å². The molecule has 0 aromatic heterocycles. The molecule has 0 bridgehead atoms. The minimum atomic E-state index is -0.832. The predicted octanol–water partition coefficient (Wildman–Crippen LogP) is 6.79. The van der Waals surface area contributed by atoms with E-state index in [9.17, 15) is 9.59 Å². The Morgan fingerprint density at radius 1 is 0.733 bits per heavy atom. The lowest BCUT2D eigenvalue weighted by molar-refractivity contribution is -0.162. The fourth-order valence-corrected chi connectivity index (χ4v) is 2.55. The molecule has 0 heterocycles. The lowest BCUT2D eigenvalue weighted by Gasteiger charge is -2.23. The molecule has 0 atom stereocenters. The first-order valence-corrected chi connectivity index (χ1v) is 10.9. The van der Waals surface area contributed by atoms with Crippen LogP contribution in [0.1, 0.15) is 78.6 Å². The molecule has 0 aliphatic heterocycles. The van der Waals surface area contributed by atoms with Gasteiger partial charge in [0.05, 0.1) is 13.5 Å². The van der Waals surface area contributed by atoms with Crippen molar-refractivity contribution in [1.82, 2.24) is 0 Å². The second-order valence-corrected chi connectivity index (χ2v) is 7.59. The Morgan fingerprint density at radius 2 is 1.20 bits per heavy atom. The van der Waals surface area contributed by atoms with Crippen LogP contribution in [0, 0.1) is 0 Å². The third-order valence-corrected chi connectivity index (χ3v) is 4.10. The van der Waals surface area contributed by atoms with Gasteiger partial charge in [-0.3, -0.25) is 9.59 Å². The molecule has 0 saturated carbocycles. The second kappa shape index (κ2) is 18.7. The molecule has 4 heteroatoms. The minimum Gasteiger partial charge on any atom is -0.469 e. The molecular formula is C26H40O4. The lowest BCUT2D eigenvalue weighted by atomic mass is 10.1. The van der Waals surface area contributed by atoms with Crippen molar-refractivity contribution in [2.45, 2.75) is 84.2 Å². The Balaban J connectivity index is 3.75. The van der Waals surface area contributed by atoms with Crippen LogP contribution in [0.15, 0.2) is 60.8 Å². The van der Waals surface area contributed by atoms with Crippen molar-refractivity contribution >= 4 is 11.9 Å². The number of hydrogen-bond acceptors (Lipinski definition) is 4. The maximum Gasteiger partial charge on any atom is 0.309 e. The monoisotopic (exact) mass is 416 g/mol.